The Morgan fingerprint density at radius 1 is 1.22 bits per heavy atom. The lowest BCUT2D eigenvalue weighted by Crippen LogP contribution is -2.38. The van der Waals surface area contributed by atoms with Crippen LogP contribution in [0, 0.1) is 5.92 Å². The molecule has 0 radical (unpaired) electrons. The van der Waals surface area contributed by atoms with Gasteiger partial charge in [-0.05, 0) is 50.3 Å². The zero-order valence-electron chi connectivity index (χ0n) is 14.1. The molecule has 0 spiro atoms. The van der Waals surface area contributed by atoms with Crippen LogP contribution in [0.15, 0.2) is 24.3 Å². The topological polar surface area (TPSA) is 64.4 Å². The molecule has 23 heavy (non-hydrogen) atoms. The van der Waals surface area contributed by atoms with Crippen LogP contribution in [0.4, 0.5) is 0 Å². The number of nitrogens with one attached hydrogen (secondary N) is 1. The molecular formula is C18H29ClN2O2. The van der Waals surface area contributed by atoms with Crippen molar-refractivity contribution in [1.29, 1.82) is 0 Å². The molecule has 5 heteroatoms. The van der Waals surface area contributed by atoms with Crippen molar-refractivity contribution >= 4 is 18.3 Å². The summed E-state index contributed by atoms with van der Waals surface area (Å²) in [4.78, 5) is 11.9. The zero-order chi connectivity index (χ0) is 15.9. The van der Waals surface area contributed by atoms with E-state index >= 15 is 0 Å². The number of ether oxygens (including phenoxy) is 1. The van der Waals surface area contributed by atoms with E-state index in [2.05, 4.69) is 5.32 Å². The summed E-state index contributed by atoms with van der Waals surface area (Å²) in [7, 11) is 0. The van der Waals surface area contributed by atoms with Crippen molar-refractivity contribution in [3.8, 4) is 5.75 Å². The molecule has 0 saturated heterocycles. The highest BCUT2D eigenvalue weighted by Crippen LogP contribution is 2.23. The summed E-state index contributed by atoms with van der Waals surface area (Å²) >= 11 is 0. The van der Waals surface area contributed by atoms with Crippen LogP contribution in [0.25, 0.3) is 0 Å². The molecule has 1 aliphatic carbocycles. The summed E-state index contributed by atoms with van der Waals surface area (Å²) in [5, 5.41) is 2.92. The average Bonchev–Trinajstić information content (AvgIpc) is 2.54. The van der Waals surface area contributed by atoms with Gasteiger partial charge in [0.25, 0.3) is 0 Å². The Morgan fingerprint density at radius 2 is 1.83 bits per heavy atom. The van der Waals surface area contributed by atoms with E-state index in [4.69, 9.17) is 10.5 Å². The number of hydrogen-bond donors (Lipinski definition) is 2. The lowest BCUT2D eigenvalue weighted by Gasteiger charge is -2.23. The van der Waals surface area contributed by atoms with Gasteiger partial charge in [0.1, 0.15) is 5.75 Å². The van der Waals surface area contributed by atoms with E-state index in [1.165, 1.54) is 19.3 Å². The van der Waals surface area contributed by atoms with E-state index in [9.17, 15) is 4.79 Å². The minimum absolute atomic E-state index is 0. The van der Waals surface area contributed by atoms with Crippen molar-refractivity contribution < 1.29 is 9.53 Å². The van der Waals surface area contributed by atoms with Gasteiger partial charge >= 0.3 is 0 Å². The number of halogens is 1. The third-order valence-corrected chi connectivity index (χ3v) is 4.45. The van der Waals surface area contributed by atoms with Crippen molar-refractivity contribution in [1.82, 2.24) is 5.32 Å². The van der Waals surface area contributed by atoms with Crippen molar-refractivity contribution in [3.63, 3.8) is 0 Å². The maximum absolute atomic E-state index is 11.9. The summed E-state index contributed by atoms with van der Waals surface area (Å²) in [5.74, 6) is 0.748. The maximum atomic E-state index is 11.9. The second-order valence-electron chi connectivity index (χ2n) is 6.39. The van der Waals surface area contributed by atoms with Crippen molar-refractivity contribution in [2.24, 2.45) is 11.7 Å². The first kappa shape index (κ1) is 19.8. The van der Waals surface area contributed by atoms with Crippen LogP contribution in [0.3, 0.4) is 0 Å². The molecule has 1 aromatic carbocycles. The smallest absolute Gasteiger partial charge is 0.224 e. The van der Waals surface area contributed by atoms with E-state index < -0.39 is 0 Å². The molecule has 2 atom stereocenters. The summed E-state index contributed by atoms with van der Waals surface area (Å²) in [5.41, 5.74) is 6.81. The van der Waals surface area contributed by atoms with Gasteiger partial charge in [0.2, 0.25) is 5.91 Å². The van der Waals surface area contributed by atoms with Crippen LogP contribution >= 0.6 is 12.4 Å². The molecule has 3 N–H and O–H groups in total. The fraction of sp³-hybridized carbons (Fsp3) is 0.611. The largest absolute Gasteiger partial charge is 0.490 e. The van der Waals surface area contributed by atoms with Gasteiger partial charge in [-0.2, -0.15) is 0 Å². The van der Waals surface area contributed by atoms with Gasteiger partial charge in [-0.1, -0.05) is 25.5 Å². The molecule has 1 aromatic rings. The number of carbonyl (C=O) groups excluding carboxylic acids is 1. The quantitative estimate of drug-likeness (QED) is 0.834. The Labute approximate surface area is 145 Å². The summed E-state index contributed by atoms with van der Waals surface area (Å²) < 4.78 is 6.00. The SMILES string of the molecule is CC(N)C(C)C(=O)NCc1ccc(OC2CCCCC2)cc1.Cl. The van der Waals surface area contributed by atoms with Crippen LogP contribution < -0.4 is 15.8 Å². The molecule has 1 amide bonds. The van der Waals surface area contributed by atoms with Gasteiger partial charge in [0.15, 0.2) is 0 Å². The lowest BCUT2D eigenvalue weighted by atomic mass is 9.98. The lowest BCUT2D eigenvalue weighted by molar-refractivity contribution is -0.125. The van der Waals surface area contributed by atoms with Gasteiger partial charge in [0, 0.05) is 18.5 Å². The van der Waals surface area contributed by atoms with Crippen molar-refractivity contribution in [2.45, 2.75) is 64.6 Å². The van der Waals surface area contributed by atoms with Gasteiger partial charge in [-0.15, -0.1) is 12.4 Å². The number of amides is 1. The molecule has 0 aromatic heterocycles. The van der Waals surface area contributed by atoms with Crippen LogP contribution in [0.1, 0.15) is 51.5 Å². The molecule has 0 bridgehead atoms. The Morgan fingerprint density at radius 3 is 2.39 bits per heavy atom. The number of carbonyl (C=O) groups is 1. The Hall–Kier alpha value is -1.26. The summed E-state index contributed by atoms with van der Waals surface area (Å²) in [6, 6.07) is 7.87. The number of benzene rings is 1. The fourth-order valence-corrected chi connectivity index (χ4v) is 2.65. The van der Waals surface area contributed by atoms with Crippen LogP contribution in [-0.4, -0.2) is 18.1 Å². The molecule has 2 rings (SSSR count). The fourth-order valence-electron chi connectivity index (χ4n) is 2.65. The second-order valence-corrected chi connectivity index (χ2v) is 6.39. The molecule has 4 nitrogen and oxygen atoms in total. The molecule has 1 aliphatic rings. The first-order valence-electron chi connectivity index (χ1n) is 8.35. The average molecular weight is 341 g/mol. The highest BCUT2D eigenvalue weighted by Gasteiger charge is 2.17. The molecule has 1 saturated carbocycles. The Kier molecular flexibility index (Phi) is 8.42. The number of rotatable bonds is 6. The minimum Gasteiger partial charge on any atom is -0.490 e. The van der Waals surface area contributed by atoms with Gasteiger partial charge in [0.05, 0.1) is 6.10 Å². The Balaban J connectivity index is 0.00000264. The summed E-state index contributed by atoms with van der Waals surface area (Å²) in [6.45, 7) is 4.22. The van der Waals surface area contributed by atoms with Crippen LogP contribution in [0.5, 0.6) is 5.75 Å². The highest BCUT2D eigenvalue weighted by molar-refractivity contribution is 5.85. The minimum atomic E-state index is -0.172. The van der Waals surface area contributed by atoms with E-state index in [1.54, 1.807) is 0 Å². The van der Waals surface area contributed by atoms with Crippen LogP contribution in [-0.2, 0) is 11.3 Å². The van der Waals surface area contributed by atoms with Gasteiger partial charge in [-0.25, -0.2) is 0 Å². The van der Waals surface area contributed by atoms with Gasteiger partial charge < -0.3 is 15.8 Å². The van der Waals surface area contributed by atoms with Crippen molar-refractivity contribution in [3.05, 3.63) is 29.8 Å². The third-order valence-electron chi connectivity index (χ3n) is 4.45. The summed E-state index contributed by atoms with van der Waals surface area (Å²) in [6.07, 6.45) is 6.56. The predicted molar refractivity (Wildman–Crippen MR) is 95.9 cm³/mol. The van der Waals surface area contributed by atoms with E-state index in [-0.39, 0.29) is 30.3 Å². The number of hydrogen-bond acceptors (Lipinski definition) is 3. The molecule has 130 valence electrons. The third kappa shape index (κ3) is 6.40. The predicted octanol–water partition coefficient (Wildman–Crippen LogP) is 3.42. The van der Waals surface area contributed by atoms with E-state index in [0.717, 1.165) is 24.2 Å². The zero-order valence-corrected chi connectivity index (χ0v) is 14.9. The molecule has 1 fully saturated rings. The monoisotopic (exact) mass is 340 g/mol. The second kappa shape index (κ2) is 9.78. The highest BCUT2D eigenvalue weighted by atomic mass is 35.5. The molecule has 0 heterocycles. The molecule has 2 unspecified atom stereocenters. The van der Waals surface area contributed by atoms with E-state index in [1.807, 2.05) is 38.1 Å². The number of nitrogens with two attached hydrogens (primary N) is 1. The first-order chi connectivity index (χ1) is 10.6. The van der Waals surface area contributed by atoms with Crippen molar-refractivity contribution in [2.75, 3.05) is 0 Å². The van der Waals surface area contributed by atoms with E-state index in [0.29, 0.717) is 12.6 Å². The standard InChI is InChI=1S/C18H28N2O2.ClH/c1-13(14(2)19)18(21)20-12-15-8-10-17(11-9-15)22-16-6-4-3-5-7-16;/h8-11,13-14,16H,3-7,12,19H2,1-2H3,(H,20,21);1H. The van der Waals surface area contributed by atoms with Gasteiger partial charge in [-0.3, -0.25) is 4.79 Å². The first-order valence-corrected chi connectivity index (χ1v) is 8.35. The Bertz CT molecular complexity index is 470. The molecular weight excluding hydrogens is 312 g/mol. The normalized spacial score (nSPS) is 17.7. The maximum Gasteiger partial charge on any atom is 0.224 e. The molecule has 0 aliphatic heterocycles. The van der Waals surface area contributed by atoms with Crippen LogP contribution in [0.2, 0.25) is 0 Å².